The topological polar surface area (TPSA) is 80.3 Å². The van der Waals surface area contributed by atoms with Gasteiger partial charge in [0, 0.05) is 35.2 Å². The van der Waals surface area contributed by atoms with Crippen LogP contribution in [0.15, 0.2) is 114 Å². The molecular weight excluding hydrogens is 470 g/mol. The first-order valence-electron chi connectivity index (χ1n) is 11.6. The van der Waals surface area contributed by atoms with Crippen LogP contribution < -0.4 is 10.6 Å². The lowest BCUT2D eigenvalue weighted by Gasteiger charge is -2.19. The fourth-order valence-corrected chi connectivity index (χ4v) is 4.31. The van der Waals surface area contributed by atoms with E-state index in [0.29, 0.717) is 12.1 Å². The second-order valence-corrected chi connectivity index (χ2v) is 9.16. The third kappa shape index (κ3) is 7.99. The largest absolute Gasteiger partial charge is 0.445 e. The number of nitrogens with zero attached hydrogens (tertiary/aromatic N) is 1. The van der Waals surface area contributed by atoms with Gasteiger partial charge in [0.25, 0.3) is 0 Å². The first-order chi connectivity index (χ1) is 17.7. The van der Waals surface area contributed by atoms with E-state index in [0.717, 1.165) is 27.3 Å². The molecule has 0 radical (unpaired) electrons. The second-order valence-electron chi connectivity index (χ2n) is 8.11. The standard InChI is InChI=1S/C29H27N3O3S/c33-28(31-25-13-15-26(16-14-25)36-21-24-12-7-17-30-19-24)27(18-22-8-3-1-4-9-22)32-29(34)35-20-23-10-5-2-6-11-23/h1-17,19,27H,18,20-21H2,(H,31,33)(H,32,34). The van der Waals surface area contributed by atoms with E-state index in [2.05, 4.69) is 15.6 Å². The van der Waals surface area contributed by atoms with Crippen molar-refractivity contribution in [3.8, 4) is 0 Å². The molecule has 3 aromatic carbocycles. The number of pyridine rings is 1. The molecule has 1 heterocycles. The lowest BCUT2D eigenvalue weighted by molar-refractivity contribution is -0.118. The van der Waals surface area contributed by atoms with Gasteiger partial charge in [-0.25, -0.2) is 4.79 Å². The quantitative estimate of drug-likeness (QED) is 0.269. The average Bonchev–Trinajstić information content (AvgIpc) is 2.93. The Morgan fingerprint density at radius 2 is 1.47 bits per heavy atom. The second kappa shape index (κ2) is 13.1. The summed E-state index contributed by atoms with van der Waals surface area (Å²) in [6, 6.07) is 29.8. The Hall–Kier alpha value is -4.10. The zero-order valence-corrected chi connectivity index (χ0v) is 20.5. The van der Waals surface area contributed by atoms with E-state index in [-0.39, 0.29) is 12.5 Å². The van der Waals surface area contributed by atoms with Crippen LogP contribution in [0.2, 0.25) is 0 Å². The Kier molecular flexibility index (Phi) is 9.11. The molecular formula is C29H27N3O3S. The predicted octanol–water partition coefficient (Wildman–Crippen LogP) is 5.85. The number of anilines is 1. The maximum atomic E-state index is 13.1. The Labute approximate surface area is 215 Å². The minimum absolute atomic E-state index is 0.129. The summed E-state index contributed by atoms with van der Waals surface area (Å²) in [5.41, 5.74) is 3.61. The van der Waals surface area contributed by atoms with E-state index in [4.69, 9.17) is 4.74 Å². The molecule has 1 unspecified atom stereocenters. The molecule has 4 aromatic rings. The van der Waals surface area contributed by atoms with Crippen LogP contribution in [0.5, 0.6) is 0 Å². The summed E-state index contributed by atoms with van der Waals surface area (Å²) in [5, 5.41) is 5.64. The van der Waals surface area contributed by atoms with Crippen molar-refractivity contribution in [3.05, 3.63) is 126 Å². The molecule has 0 aliphatic rings. The summed E-state index contributed by atoms with van der Waals surface area (Å²) in [6.45, 7) is 0.129. The van der Waals surface area contributed by atoms with Crippen LogP contribution in [-0.2, 0) is 28.3 Å². The third-order valence-corrected chi connectivity index (χ3v) is 6.44. The van der Waals surface area contributed by atoms with Gasteiger partial charge in [0.1, 0.15) is 12.6 Å². The molecule has 0 fully saturated rings. The molecule has 36 heavy (non-hydrogen) atoms. The van der Waals surface area contributed by atoms with Crippen LogP contribution in [0.4, 0.5) is 10.5 Å². The van der Waals surface area contributed by atoms with Crippen LogP contribution in [0.3, 0.4) is 0 Å². The number of carbonyl (C=O) groups is 2. The van der Waals surface area contributed by atoms with Crippen molar-refractivity contribution >= 4 is 29.4 Å². The van der Waals surface area contributed by atoms with Crippen molar-refractivity contribution in [3.63, 3.8) is 0 Å². The zero-order chi connectivity index (χ0) is 25.0. The maximum absolute atomic E-state index is 13.1. The molecule has 182 valence electrons. The fraction of sp³-hybridized carbons (Fsp3) is 0.138. The normalized spacial score (nSPS) is 11.3. The average molecular weight is 498 g/mol. The zero-order valence-electron chi connectivity index (χ0n) is 19.7. The first kappa shape index (κ1) is 25.0. The lowest BCUT2D eigenvalue weighted by atomic mass is 10.1. The van der Waals surface area contributed by atoms with Crippen molar-refractivity contribution in [2.75, 3.05) is 5.32 Å². The molecule has 2 amide bonds. The van der Waals surface area contributed by atoms with Crippen molar-refractivity contribution in [1.29, 1.82) is 0 Å². The molecule has 7 heteroatoms. The third-order valence-electron chi connectivity index (χ3n) is 5.35. The van der Waals surface area contributed by atoms with Crippen LogP contribution in [0.25, 0.3) is 0 Å². The minimum atomic E-state index is -0.796. The van der Waals surface area contributed by atoms with E-state index in [9.17, 15) is 9.59 Å². The highest BCUT2D eigenvalue weighted by Gasteiger charge is 2.22. The number of thioether (sulfide) groups is 1. The number of alkyl carbamates (subject to hydrolysis) is 1. The molecule has 0 spiro atoms. The number of nitrogens with one attached hydrogen (secondary N) is 2. The van der Waals surface area contributed by atoms with Gasteiger partial charge in [-0.3, -0.25) is 9.78 Å². The molecule has 6 nitrogen and oxygen atoms in total. The molecule has 0 aliphatic heterocycles. The highest BCUT2D eigenvalue weighted by atomic mass is 32.2. The Morgan fingerprint density at radius 3 is 2.14 bits per heavy atom. The predicted molar refractivity (Wildman–Crippen MR) is 143 cm³/mol. The molecule has 0 aliphatic carbocycles. The minimum Gasteiger partial charge on any atom is -0.445 e. The molecule has 1 aromatic heterocycles. The van der Waals surface area contributed by atoms with Crippen molar-refractivity contribution < 1.29 is 14.3 Å². The highest BCUT2D eigenvalue weighted by molar-refractivity contribution is 7.98. The number of carbonyl (C=O) groups excluding carboxylic acids is 2. The smallest absolute Gasteiger partial charge is 0.408 e. The van der Waals surface area contributed by atoms with E-state index >= 15 is 0 Å². The summed E-state index contributed by atoms with van der Waals surface area (Å²) in [5.74, 6) is 0.500. The monoisotopic (exact) mass is 497 g/mol. The van der Waals surface area contributed by atoms with Crippen molar-refractivity contribution in [2.24, 2.45) is 0 Å². The van der Waals surface area contributed by atoms with E-state index < -0.39 is 12.1 Å². The number of rotatable bonds is 10. The summed E-state index contributed by atoms with van der Waals surface area (Å²) in [7, 11) is 0. The van der Waals surface area contributed by atoms with Gasteiger partial charge in [0.2, 0.25) is 5.91 Å². The molecule has 2 N–H and O–H groups in total. The van der Waals surface area contributed by atoms with E-state index in [1.807, 2.05) is 103 Å². The summed E-state index contributed by atoms with van der Waals surface area (Å²) >= 11 is 1.69. The summed E-state index contributed by atoms with van der Waals surface area (Å²) in [4.78, 5) is 30.8. The van der Waals surface area contributed by atoms with Crippen molar-refractivity contribution in [1.82, 2.24) is 10.3 Å². The Bertz CT molecular complexity index is 1240. The molecule has 0 bridgehead atoms. The van der Waals surface area contributed by atoms with E-state index in [1.165, 1.54) is 0 Å². The van der Waals surface area contributed by atoms with Gasteiger partial charge in [-0.05, 0) is 47.0 Å². The molecule has 1 atom stereocenters. The van der Waals surface area contributed by atoms with Gasteiger partial charge in [-0.2, -0.15) is 0 Å². The number of hydrogen-bond acceptors (Lipinski definition) is 5. The SMILES string of the molecule is O=C(NC(Cc1ccccc1)C(=O)Nc1ccc(SCc2cccnc2)cc1)OCc1ccccc1. The number of benzene rings is 3. The van der Waals surface area contributed by atoms with Crippen molar-refractivity contribution in [2.45, 2.75) is 29.7 Å². The van der Waals surface area contributed by atoms with Gasteiger partial charge in [0.05, 0.1) is 0 Å². The van der Waals surface area contributed by atoms with Gasteiger partial charge < -0.3 is 15.4 Å². The van der Waals surface area contributed by atoms with Crippen LogP contribution in [-0.4, -0.2) is 23.0 Å². The molecule has 4 rings (SSSR count). The van der Waals surface area contributed by atoms with E-state index in [1.54, 1.807) is 18.0 Å². The number of amides is 2. The number of aromatic nitrogens is 1. The van der Waals surface area contributed by atoms with Crippen LogP contribution in [0.1, 0.15) is 16.7 Å². The fourth-order valence-electron chi connectivity index (χ4n) is 3.48. The van der Waals surface area contributed by atoms with Gasteiger partial charge >= 0.3 is 6.09 Å². The maximum Gasteiger partial charge on any atom is 0.408 e. The van der Waals surface area contributed by atoms with Gasteiger partial charge in [-0.1, -0.05) is 66.7 Å². The molecule has 0 saturated carbocycles. The van der Waals surface area contributed by atoms with Crippen LogP contribution in [0, 0.1) is 0 Å². The first-order valence-corrected chi connectivity index (χ1v) is 12.6. The lowest BCUT2D eigenvalue weighted by Crippen LogP contribution is -2.45. The Balaban J connectivity index is 1.36. The number of ether oxygens (including phenoxy) is 1. The number of hydrogen-bond donors (Lipinski definition) is 2. The molecule has 0 saturated heterocycles. The summed E-state index contributed by atoms with van der Waals surface area (Å²) in [6.07, 6.45) is 3.31. The van der Waals surface area contributed by atoms with Gasteiger partial charge in [0.15, 0.2) is 0 Å². The van der Waals surface area contributed by atoms with Gasteiger partial charge in [-0.15, -0.1) is 11.8 Å². The van der Waals surface area contributed by atoms with Crippen LogP contribution >= 0.6 is 11.8 Å². The highest BCUT2D eigenvalue weighted by Crippen LogP contribution is 2.24. The Morgan fingerprint density at radius 1 is 0.806 bits per heavy atom. The summed E-state index contributed by atoms with van der Waals surface area (Å²) < 4.78 is 5.34.